The first-order valence-corrected chi connectivity index (χ1v) is 10.3. The lowest BCUT2D eigenvalue weighted by Crippen LogP contribution is -2.27. The lowest BCUT2D eigenvalue weighted by atomic mass is 10.2. The van der Waals surface area contributed by atoms with Crippen LogP contribution in [0.3, 0.4) is 0 Å². The molecule has 138 valence electrons. The number of hydrogen-bond donors (Lipinski definition) is 0. The molecule has 0 unspecified atom stereocenters. The van der Waals surface area contributed by atoms with Crippen molar-refractivity contribution in [2.24, 2.45) is 4.99 Å². The van der Waals surface area contributed by atoms with Crippen LogP contribution < -0.4 is 4.80 Å². The highest BCUT2D eigenvalue weighted by Crippen LogP contribution is 2.21. The molecule has 1 aromatic heterocycles. The van der Waals surface area contributed by atoms with Crippen molar-refractivity contribution in [1.82, 2.24) is 9.47 Å². The highest BCUT2D eigenvalue weighted by molar-refractivity contribution is 7.07. The number of para-hydroxylation sites is 1. The number of benzene rings is 2. The molecule has 0 aliphatic carbocycles. The van der Waals surface area contributed by atoms with Gasteiger partial charge in [-0.15, -0.1) is 11.3 Å². The van der Waals surface area contributed by atoms with E-state index >= 15 is 0 Å². The Kier molecular flexibility index (Phi) is 5.49. The Morgan fingerprint density at radius 3 is 2.41 bits per heavy atom. The predicted molar refractivity (Wildman–Crippen MR) is 110 cm³/mol. The third kappa shape index (κ3) is 4.19. The van der Waals surface area contributed by atoms with Crippen LogP contribution in [-0.2, 0) is 11.3 Å². The number of carbonyl (C=O) groups excluding carboxylic acids is 1. The number of thiazole rings is 1. The summed E-state index contributed by atoms with van der Waals surface area (Å²) in [5, 5.41) is 2.18. The second-order valence-corrected chi connectivity index (χ2v) is 7.54. The number of hydrogen-bond acceptors (Lipinski definition) is 3. The Morgan fingerprint density at radius 2 is 1.70 bits per heavy atom. The van der Waals surface area contributed by atoms with Crippen LogP contribution in [0.1, 0.15) is 19.3 Å². The summed E-state index contributed by atoms with van der Waals surface area (Å²) in [6.45, 7) is 2.57. The van der Waals surface area contributed by atoms with E-state index in [1.54, 1.807) is 11.3 Å². The average molecular weight is 378 g/mol. The SMILES string of the molecule is O=C1CCCN1CCCn1c(-c2ccccc2)csc1=Nc1ccccc1. The molecule has 27 heavy (non-hydrogen) atoms. The van der Waals surface area contributed by atoms with Crippen LogP contribution in [0.2, 0.25) is 0 Å². The van der Waals surface area contributed by atoms with E-state index in [0.29, 0.717) is 12.3 Å². The van der Waals surface area contributed by atoms with Gasteiger partial charge in [-0.05, 0) is 30.5 Å². The second kappa shape index (κ2) is 8.35. The highest BCUT2D eigenvalue weighted by atomic mass is 32.1. The van der Waals surface area contributed by atoms with Gasteiger partial charge < -0.3 is 9.47 Å². The first kappa shape index (κ1) is 17.7. The fourth-order valence-corrected chi connectivity index (χ4v) is 4.40. The molecule has 4 nitrogen and oxygen atoms in total. The van der Waals surface area contributed by atoms with Crippen molar-refractivity contribution < 1.29 is 4.79 Å². The number of rotatable bonds is 6. The first-order valence-electron chi connectivity index (χ1n) is 9.42. The summed E-state index contributed by atoms with van der Waals surface area (Å²) in [5.41, 5.74) is 3.34. The molecule has 1 saturated heterocycles. The van der Waals surface area contributed by atoms with Crippen molar-refractivity contribution in [2.45, 2.75) is 25.8 Å². The van der Waals surface area contributed by atoms with Crippen LogP contribution in [-0.4, -0.2) is 28.5 Å². The molecule has 0 spiro atoms. The minimum absolute atomic E-state index is 0.294. The van der Waals surface area contributed by atoms with Gasteiger partial charge in [0.2, 0.25) is 5.91 Å². The molecule has 3 aromatic rings. The van der Waals surface area contributed by atoms with Gasteiger partial charge >= 0.3 is 0 Å². The summed E-state index contributed by atoms with van der Waals surface area (Å²) >= 11 is 1.66. The van der Waals surface area contributed by atoms with Crippen LogP contribution >= 0.6 is 11.3 Å². The van der Waals surface area contributed by atoms with Gasteiger partial charge in [-0.2, -0.15) is 0 Å². The maximum atomic E-state index is 11.9. The van der Waals surface area contributed by atoms with Gasteiger partial charge in [0.25, 0.3) is 0 Å². The molecule has 4 rings (SSSR count). The van der Waals surface area contributed by atoms with E-state index in [1.165, 1.54) is 11.3 Å². The fraction of sp³-hybridized carbons (Fsp3) is 0.273. The molecule has 1 aliphatic rings. The molecular weight excluding hydrogens is 354 g/mol. The number of aromatic nitrogens is 1. The van der Waals surface area contributed by atoms with Crippen molar-refractivity contribution in [2.75, 3.05) is 13.1 Å². The molecule has 1 fully saturated rings. The lowest BCUT2D eigenvalue weighted by Gasteiger charge is -2.16. The van der Waals surface area contributed by atoms with Crippen molar-refractivity contribution in [3.8, 4) is 11.3 Å². The quantitative estimate of drug-likeness (QED) is 0.625. The third-order valence-electron chi connectivity index (χ3n) is 4.83. The number of likely N-dealkylation sites (tertiary alicyclic amines) is 1. The van der Waals surface area contributed by atoms with Crippen LogP contribution in [0.5, 0.6) is 0 Å². The van der Waals surface area contributed by atoms with Crippen LogP contribution in [0.25, 0.3) is 11.3 Å². The summed E-state index contributed by atoms with van der Waals surface area (Å²) in [6, 6.07) is 20.5. The van der Waals surface area contributed by atoms with E-state index in [1.807, 2.05) is 41.3 Å². The van der Waals surface area contributed by atoms with Gasteiger partial charge in [-0.25, -0.2) is 4.99 Å². The van der Waals surface area contributed by atoms with Crippen molar-refractivity contribution in [3.05, 3.63) is 70.8 Å². The predicted octanol–water partition coefficient (Wildman–Crippen LogP) is 4.46. The van der Waals surface area contributed by atoms with Gasteiger partial charge in [0, 0.05) is 31.4 Å². The minimum Gasteiger partial charge on any atom is -0.343 e. The molecule has 2 aromatic carbocycles. The Labute approximate surface area is 163 Å². The van der Waals surface area contributed by atoms with E-state index in [2.05, 4.69) is 34.2 Å². The van der Waals surface area contributed by atoms with E-state index in [4.69, 9.17) is 4.99 Å². The van der Waals surface area contributed by atoms with Crippen molar-refractivity contribution >= 4 is 22.9 Å². The van der Waals surface area contributed by atoms with E-state index in [-0.39, 0.29) is 0 Å². The zero-order valence-corrected chi connectivity index (χ0v) is 16.1. The first-order chi connectivity index (χ1) is 13.3. The Bertz CT molecular complexity index is 960. The maximum Gasteiger partial charge on any atom is 0.222 e. The van der Waals surface area contributed by atoms with Gasteiger partial charge in [0.05, 0.1) is 11.4 Å². The summed E-state index contributed by atoms with van der Waals surface area (Å²) < 4.78 is 2.29. The van der Waals surface area contributed by atoms with Crippen LogP contribution in [0.15, 0.2) is 71.0 Å². The zero-order chi connectivity index (χ0) is 18.5. The molecule has 0 N–H and O–H groups in total. The van der Waals surface area contributed by atoms with E-state index in [9.17, 15) is 4.79 Å². The van der Waals surface area contributed by atoms with Crippen molar-refractivity contribution in [3.63, 3.8) is 0 Å². The number of carbonyl (C=O) groups is 1. The van der Waals surface area contributed by atoms with Crippen LogP contribution in [0, 0.1) is 0 Å². The van der Waals surface area contributed by atoms with Gasteiger partial charge in [0.15, 0.2) is 4.80 Å². The Balaban J connectivity index is 1.62. The van der Waals surface area contributed by atoms with E-state index in [0.717, 1.165) is 43.0 Å². The molecule has 1 aliphatic heterocycles. The summed E-state index contributed by atoms with van der Waals surface area (Å²) in [7, 11) is 0. The number of nitrogens with zero attached hydrogens (tertiary/aromatic N) is 3. The lowest BCUT2D eigenvalue weighted by molar-refractivity contribution is -0.127. The smallest absolute Gasteiger partial charge is 0.222 e. The molecule has 0 saturated carbocycles. The third-order valence-corrected chi connectivity index (χ3v) is 5.69. The fourth-order valence-electron chi connectivity index (χ4n) is 3.45. The molecule has 1 amide bonds. The van der Waals surface area contributed by atoms with E-state index < -0.39 is 0 Å². The molecule has 5 heteroatoms. The second-order valence-electron chi connectivity index (χ2n) is 6.71. The zero-order valence-electron chi connectivity index (χ0n) is 15.3. The highest BCUT2D eigenvalue weighted by Gasteiger charge is 2.19. The maximum absolute atomic E-state index is 11.9. The molecule has 0 bridgehead atoms. The molecular formula is C22H23N3OS. The van der Waals surface area contributed by atoms with Gasteiger partial charge in [-0.3, -0.25) is 4.79 Å². The Hall–Kier alpha value is -2.66. The molecule has 0 radical (unpaired) electrons. The number of amides is 1. The van der Waals surface area contributed by atoms with Gasteiger partial charge in [-0.1, -0.05) is 48.5 Å². The summed E-state index contributed by atoms with van der Waals surface area (Å²) in [5.74, 6) is 0.294. The molecule has 0 atom stereocenters. The topological polar surface area (TPSA) is 37.6 Å². The van der Waals surface area contributed by atoms with Crippen LogP contribution in [0.4, 0.5) is 5.69 Å². The summed E-state index contributed by atoms with van der Waals surface area (Å²) in [6.07, 6.45) is 2.63. The minimum atomic E-state index is 0.294. The normalized spacial score (nSPS) is 14.9. The van der Waals surface area contributed by atoms with Crippen molar-refractivity contribution in [1.29, 1.82) is 0 Å². The monoisotopic (exact) mass is 377 g/mol. The summed E-state index contributed by atoms with van der Waals surface area (Å²) in [4.78, 5) is 19.7. The standard InChI is InChI=1S/C22H23N3OS/c26-21-13-7-14-24(21)15-8-16-25-20(18-9-3-1-4-10-18)17-27-22(25)23-19-11-5-2-6-12-19/h1-6,9-12,17H,7-8,13-16H2. The molecule has 2 heterocycles. The average Bonchev–Trinajstić information content (AvgIpc) is 3.30. The van der Waals surface area contributed by atoms with Gasteiger partial charge in [0.1, 0.15) is 0 Å². The largest absolute Gasteiger partial charge is 0.343 e. The Morgan fingerprint density at radius 1 is 0.963 bits per heavy atom.